The molecular weight excluding hydrogens is 326 g/mol. The second-order valence-electron chi connectivity index (χ2n) is 6.12. The predicted molar refractivity (Wildman–Crippen MR) is 90.7 cm³/mol. The summed E-state index contributed by atoms with van der Waals surface area (Å²) in [4.78, 5) is 12.5. The van der Waals surface area contributed by atoms with Crippen LogP contribution in [0, 0.1) is 0 Å². The summed E-state index contributed by atoms with van der Waals surface area (Å²) >= 11 is 1.45. The van der Waals surface area contributed by atoms with Crippen molar-refractivity contribution >= 4 is 22.4 Å². The highest BCUT2D eigenvalue weighted by Crippen LogP contribution is 2.42. The number of ether oxygens (including phenoxy) is 2. The highest BCUT2D eigenvalue weighted by Gasteiger charge is 2.28. The summed E-state index contributed by atoms with van der Waals surface area (Å²) in [5.41, 5.74) is 0.499. The molecular formula is C17H19N3O3S. The smallest absolute Gasteiger partial charge is 0.261 e. The number of para-hydroxylation sites is 1. The first-order chi connectivity index (χ1) is 11.8. The molecule has 1 atom stereocenters. The molecule has 2 fully saturated rings. The molecule has 1 N–H and O–H groups in total. The first-order valence-corrected chi connectivity index (χ1v) is 9.09. The summed E-state index contributed by atoms with van der Waals surface area (Å²) < 4.78 is 11.4. The lowest BCUT2D eigenvalue weighted by atomic mass is 10.2. The summed E-state index contributed by atoms with van der Waals surface area (Å²) in [6.45, 7) is 1.26. The Morgan fingerprint density at radius 1 is 1.29 bits per heavy atom. The quantitative estimate of drug-likeness (QED) is 0.870. The molecule has 126 valence electrons. The van der Waals surface area contributed by atoms with E-state index in [1.165, 1.54) is 24.2 Å². The van der Waals surface area contributed by atoms with Gasteiger partial charge in [-0.15, -0.1) is 10.2 Å². The minimum atomic E-state index is -0.226. The Hall–Kier alpha value is -1.99. The zero-order valence-electron chi connectivity index (χ0n) is 13.2. The van der Waals surface area contributed by atoms with Gasteiger partial charge in [-0.1, -0.05) is 23.5 Å². The molecule has 1 aromatic carbocycles. The van der Waals surface area contributed by atoms with Crippen LogP contribution in [0.25, 0.3) is 0 Å². The van der Waals surface area contributed by atoms with Gasteiger partial charge in [0, 0.05) is 12.5 Å². The normalized spacial score (nSPS) is 20.1. The van der Waals surface area contributed by atoms with Crippen LogP contribution in [-0.2, 0) is 4.74 Å². The van der Waals surface area contributed by atoms with Gasteiger partial charge in [0.25, 0.3) is 5.91 Å². The monoisotopic (exact) mass is 345 g/mol. The summed E-state index contributed by atoms with van der Waals surface area (Å²) in [6, 6.07) is 7.24. The summed E-state index contributed by atoms with van der Waals surface area (Å²) in [5.74, 6) is 0.879. The average molecular weight is 345 g/mol. The van der Waals surface area contributed by atoms with Crippen molar-refractivity contribution in [3.05, 3.63) is 34.8 Å². The molecule has 0 spiro atoms. The van der Waals surface area contributed by atoms with Crippen molar-refractivity contribution in [2.75, 3.05) is 18.5 Å². The number of carbonyl (C=O) groups is 1. The Morgan fingerprint density at radius 2 is 2.17 bits per heavy atom. The van der Waals surface area contributed by atoms with E-state index < -0.39 is 0 Å². The zero-order valence-corrected chi connectivity index (χ0v) is 14.1. The third-order valence-electron chi connectivity index (χ3n) is 4.17. The fourth-order valence-electron chi connectivity index (χ4n) is 2.68. The summed E-state index contributed by atoms with van der Waals surface area (Å²) in [5, 5.41) is 12.6. The molecule has 1 unspecified atom stereocenters. The van der Waals surface area contributed by atoms with Crippen LogP contribution in [-0.4, -0.2) is 35.4 Å². The Morgan fingerprint density at radius 3 is 2.96 bits per heavy atom. The maximum Gasteiger partial charge on any atom is 0.261 e. The summed E-state index contributed by atoms with van der Waals surface area (Å²) in [7, 11) is 0. The second-order valence-corrected chi connectivity index (χ2v) is 7.13. The van der Waals surface area contributed by atoms with Crippen molar-refractivity contribution in [2.45, 2.75) is 37.7 Å². The van der Waals surface area contributed by atoms with Gasteiger partial charge in [0.15, 0.2) is 0 Å². The van der Waals surface area contributed by atoms with Gasteiger partial charge in [-0.2, -0.15) is 0 Å². The predicted octanol–water partition coefficient (Wildman–Crippen LogP) is 3.23. The number of nitrogens with zero attached hydrogens (tertiary/aromatic N) is 2. The van der Waals surface area contributed by atoms with Crippen LogP contribution in [0.2, 0.25) is 0 Å². The lowest BCUT2D eigenvalue weighted by molar-refractivity contribution is 0.0673. The molecule has 1 amide bonds. The van der Waals surface area contributed by atoms with Crippen molar-refractivity contribution in [1.29, 1.82) is 0 Å². The van der Waals surface area contributed by atoms with Crippen molar-refractivity contribution in [1.82, 2.24) is 10.2 Å². The third-order valence-corrected chi connectivity index (χ3v) is 5.17. The Bertz CT molecular complexity index is 723. The van der Waals surface area contributed by atoms with Crippen molar-refractivity contribution < 1.29 is 14.3 Å². The molecule has 1 aliphatic heterocycles. The maximum atomic E-state index is 12.5. The van der Waals surface area contributed by atoms with E-state index in [0.29, 0.717) is 29.0 Å². The first kappa shape index (κ1) is 15.5. The molecule has 6 nitrogen and oxygen atoms in total. The van der Waals surface area contributed by atoms with Gasteiger partial charge in [-0.05, 0) is 37.8 Å². The van der Waals surface area contributed by atoms with Crippen LogP contribution < -0.4 is 10.1 Å². The molecule has 1 saturated carbocycles. The molecule has 7 heteroatoms. The van der Waals surface area contributed by atoms with E-state index in [9.17, 15) is 4.79 Å². The van der Waals surface area contributed by atoms with Crippen LogP contribution in [0.3, 0.4) is 0 Å². The van der Waals surface area contributed by atoms with Gasteiger partial charge >= 0.3 is 0 Å². The molecule has 2 aromatic rings. The largest absolute Gasteiger partial charge is 0.490 e. The third kappa shape index (κ3) is 3.57. The standard InChI is InChI=1S/C17H19N3O3S/c21-15(18-17-20-19-16(24-17)11-7-8-11)13-5-1-2-6-14(13)23-10-12-4-3-9-22-12/h1-2,5-6,11-12H,3-4,7-10H2,(H,18,20,21). The molecule has 4 rings (SSSR count). The SMILES string of the molecule is O=C(Nc1nnc(C2CC2)s1)c1ccccc1OCC1CCCO1. The molecule has 2 aliphatic rings. The number of anilines is 1. The second kappa shape index (κ2) is 6.86. The van der Waals surface area contributed by atoms with Crippen LogP contribution in [0.4, 0.5) is 5.13 Å². The van der Waals surface area contributed by atoms with Gasteiger partial charge in [-0.3, -0.25) is 10.1 Å². The number of hydrogen-bond donors (Lipinski definition) is 1. The number of amides is 1. The fraction of sp³-hybridized carbons (Fsp3) is 0.471. The Labute approximate surface area is 144 Å². The van der Waals surface area contributed by atoms with Gasteiger partial charge in [-0.25, -0.2) is 0 Å². The highest BCUT2D eigenvalue weighted by molar-refractivity contribution is 7.15. The zero-order chi connectivity index (χ0) is 16.4. The Balaban J connectivity index is 1.42. The first-order valence-electron chi connectivity index (χ1n) is 8.28. The maximum absolute atomic E-state index is 12.5. The van der Waals surface area contributed by atoms with Gasteiger partial charge < -0.3 is 9.47 Å². The number of carbonyl (C=O) groups excluding carboxylic acids is 1. The number of rotatable bonds is 6. The van der Waals surface area contributed by atoms with E-state index in [2.05, 4.69) is 15.5 Å². The highest BCUT2D eigenvalue weighted by atomic mass is 32.1. The van der Waals surface area contributed by atoms with Crippen LogP contribution >= 0.6 is 11.3 Å². The minimum absolute atomic E-state index is 0.116. The lowest BCUT2D eigenvalue weighted by Crippen LogP contribution is -2.19. The van der Waals surface area contributed by atoms with Crippen molar-refractivity contribution in [2.24, 2.45) is 0 Å². The van der Waals surface area contributed by atoms with E-state index in [0.717, 1.165) is 24.5 Å². The fourth-order valence-corrected chi connectivity index (χ4v) is 3.59. The Kier molecular flexibility index (Phi) is 4.44. The van der Waals surface area contributed by atoms with E-state index in [-0.39, 0.29) is 12.0 Å². The molecule has 1 saturated heterocycles. The lowest BCUT2D eigenvalue weighted by Gasteiger charge is -2.14. The van der Waals surface area contributed by atoms with Gasteiger partial charge in [0.05, 0.1) is 11.7 Å². The van der Waals surface area contributed by atoms with E-state index in [1.54, 1.807) is 12.1 Å². The minimum Gasteiger partial charge on any atom is -0.490 e. The van der Waals surface area contributed by atoms with E-state index in [4.69, 9.17) is 9.47 Å². The van der Waals surface area contributed by atoms with Crippen LogP contribution in [0.5, 0.6) is 5.75 Å². The molecule has 1 aromatic heterocycles. The van der Waals surface area contributed by atoms with Crippen molar-refractivity contribution in [3.8, 4) is 5.75 Å². The molecule has 0 radical (unpaired) electrons. The van der Waals surface area contributed by atoms with Gasteiger partial charge in [0.1, 0.15) is 17.4 Å². The molecule has 24 heavy (non-hydrogen) atoms. The van der Waals surface area contributed by atoms with Crippen LogP contribution in [0.1, 0.15) is 47.0 Å². The van der Waals surface area contributed by atoms with E-state index in [1.807, 2.05) is 12.1 Å². The number of nitrogens with one attached hydrogen (secondary N) is 1. The summed E-state index contributed by atoms with van der Waals surface area (Å²) in [6.07, 6.45) is 4.52. The van der Waals surface area contributed by atoms with Gasteiger partial charge in [0.2, 0.25) is 5.13 Å². The number of benzene rings is 1. The molecule has 0 bridgehead atoms. The topological polar surface area (TPSA) is 73.3 Å². The molecule has 2 heterocycles. The number of hydrogen-bond acceptors (Lipinski definition) is 6. The molecule has 1 aliphatic carbocycles. The van der Waals surface area contributed by atoms with Crippen molar-refractivity contribution in [3.63, 3.8) is 0 Å². The van der Waals surface area contributed by atoms with Crippen LogP contribution in [0.15, 0.2) is 24.3 Å². The van der Waals surface area contributed by atoms with E-state index >= 15 is 0 Å². The average Bonchev–Trinajstić information content (AvgIpc) is 3.12. The number of aromatic nitrogens is 2.